The maximum Gasteiger partial charge on any atom is 0.237 e. The molecule has 3 N–H and O–H groups in total. The molecule has 92 valence electrons. The minimum atomic E-state index is -0.427. The van der Waals surface area contributed by atoms with E-state index >= 15 is 0 Å². The number of amides is 1. The third kappa shape index (κ3) is 4.41. The fourth-order valence-corrected chi connectivity index (χ4v) is 2.47. The van der Waals surface area contributed by atoms with Gasteiger partial charge in [0.05, 0.1) is 12.6 Å². The highest BCUT2D eigenvalue weighted by Crippen LogP contribution is 2.22. The second-order valence-electron chi connectivity index (χ2n) is 3.68. The summed E-state index contributed by atoms with van der Waals surface area (Å²) < 4.78 is 1.03. The van der Waals surface area contributed by atoms with Crippen molar-refractivity contribution in [3.05, 3.63) is 20.8 Å². The Hall–Kier alpha value is -0.100. The van der Waals surface area contributed by atoms with Crippen molar-refractivity contribution >= 4 is 45.6 Å². The third-order valence-electron chi connectivity index (χ3n) is 2.14. The van der Waals surface area contributed by atoms with Crippen molar-refractivity contribution in [3.8, 4) is 0 Å². The molecule has 0 aromatic carbocycles. The Labute approximate surface area is 114 Å². The van der Waals surface area contributed by atoms with Gasteiger partial charge in [-0.2, -0.15) is 0 Å². The van der Waals surface area contributed by atoms with Crippen LogP contribution in [0, 0.1) is 5.92 Å². The van der Waals surface area contributed by atoms with E-state index in [1.807, 2.05) is 25.3 Å². The van der Waals surface area contributed by atoms with Crippen LogP contribution in [0.25, 0.3) is 0 Å². The van der Waals surface area contributed by atoms with E-state index in [4.69, 9.17) is 5.73 Å². The minimum absolute atomic E-state index is 0. The molecule has 0 radical (unpaired) electrons. The molecule has 1 amide bonds. The first-order valence-electron chi connectivity index (χ1n) is 4.77. The predicted octanol–water partition coefficient (Wildman–Crippen LogP) is 2.53. The molecule has 0 fully saturated rings. The van der Waals surface area contributed by atoms with Crippen LogP contribution in [0.5, 0.6) is 0 Å². The van der Waals surface area contributed by atoms with E-state index in [-0.39, 0.29) is 24.2 Å². The van der Waals surface area contributed by atoms with Gasteiger partial charge in [0.1, 0.15) is 0 Å². The second-order valence-corrected chi connectivity index (χ2v) is 5.53. The molecule has 0 aliphatic carbocycles. The molecule has 0 aliphatic heterocycles. The van der Waals surface area contributed by atoms with Crippen molar-refractivity contribution in [2.75, 3.05) is 0 Å². The fourth-order valence-electron chi connectivity index (χ4n) is 1.04. The van der Waals surface area contributed by atoms with Crippen molar-refractivity contribution in [3.63, 3.8) is 0 Å². The minimum Gasteiger partial charge on any atom is -0.350 e. The molecule has 1 rings (SSSR count). The number of carbonyl (C=O) groups is 1. The van der Waals surface area contributed by atoms with Gasteiger partial charge in [-0.15, -0.1) is 23.7 Å². The van der Waals surface area contributed by atoms with Crippen molar-refractivity contribution in [1.29, 1.82) is 0 Å². The average Bonchev–Trinajstić information content (AvgIpc) is 2.59. The van der Waals surface area contributed by atoms with Crippen LogP contribution < -0.4 is 11.1 Å². The van der Waals surface area contributed by atoms with E-state index in [0.29, 0.717) is 6.54 Å². The van der Waals surface area contributed by atoms with E-state index in [1.165, 1.54) is 0 Å². The van der Waals surface area contributed by atoms with E-state index in [1.54, 1.807) is 11.3 Å². The van der Waals surface area contributed by atoms with E-state index in [0.717, 1.165) is 9.35 Å². The SMILES string of the molecule is CC(C)[C@H](N)C(=O)NCc1sccc1Br.Cl. The van der Waals surface area contributed by atoms with Crippen molar-refractivity contribution in [2.45, 2.75) is 26.4 Å². The van der Waals surface area contributed by atoms with Crippen LogP contribution in [0.15, 0.2) is 15.9 Å². The summed E-state index contributed by atoms with van der Waals surface area (Å²) in [4.78, 5) is 12.7. The van der Waals surface area contributed by atoms with Gasteiger partial charge < -0.3 is 11.1 Å². The summed E-state index contributed by atoms with van der Waals surface area (Å²) in [7, 11) is 0. The highest BCUT2D eigenvalue weighted by Gasteiger charge is 2.16. The normalized spacial score (nSPS) is 12.1. The van der Waals surface area contributed by atoms with Gasteiger partial charge >= 0.3 is 0 Å². The first-order chi connectivity index (χ1) is 7.02. The maximum atomic E-state index is 11.5. The monoisotopic (exact) mass is 326 g/mol. The molecule has 1 heterocycles. The smallest absolute Gasteiger partial charge is 0.237 e. The molecule has 6 heteroatoms. The molecule has 0 bridgehead atoms. The Bertz CT molecular complexity index is 343. The van der Waals surface area contributed by atoms with Crippen LogP contribution >= 0.6 is 39.7 Å². The summed E-state index contributed by atoms with van der Waals surface area (Å²) >= 11 is 5.02. The Morgan fingerprint density at radius 3 is 2.69 bits per heavy atom. The lowest BCUT2D eigenvalue weighted by Crippen LogP contribution is -2.43. The van der Waals surface area contributed by atoms with Gasteiger partial charge in [0.2, 0.25) is 5.91 Å². The van der Waals surface area contributed by atoms with E-state index < -0.39 is 6.04 Å². The molecule has 1 atom stereocenters. The van der Waals surface area contributed by atoms with Crippen LogP contribution in [0.1, 0.15) is 18.7 Å². The first-order valence-corrected chi connectivity index (χ1v) is 6.44. The van der Waals surface area contributed by atoms with Gasteiger partial charge in [-0.1, -0.05) is 13.8 Å². The Kier molecular flexibility index (Phi) is 7.22. The molecule has 1 aromatic rings. The maximum absolute atomic E-state index is 11.5. The molecule has 0 saturated heterocycles. The zero-order valence-electron chi connectivity index (χ0n) is 9.20. The Balaban J connectivity index is 0.00000225. The quantitative estimate of drug-likeness (QED) is 0.893. The lowest BCUT2D eigenvalue weighted by molar-refractivity contribution is -0.123. The number of rotatable bonds is 4. The van der Waals surface area contributed by atoms with Crippen molar-refractivity contribution in [2.24, 2.45) is 11.7 Å². The van der Waals surface area contributed by atoms with Gasteiger partial charge in [0.15, 0.2) is 0 Å². The van der Waals surface area contributed by atoms with Crippen LogP contribution in [0.4, 0.5) is 0 Å². The number of hydrogen-bond acceptors (Lipinski definition) is 3. The van der Waals surface area contributed by atoms with E-state index in [9.17, 15) is 4.79 Å². The van der Waals surface area contributed by atoms with Crippen LogP contribution in [0.3, 0.4) is 0 Å². The first kappa shape index (κ1) is 15.9. The van der Waals surface area contributed by atoms with Gasteiger partial charge in [-0.05, 0) is 33.3 Å². The fraction of sp³-hybridized carbons (Fsp3) is 0.500. The molecule has 3 nitrogen and oxygen atoms in total. The lowest BCUT2D eigenvalue weighted by atomic mass is 10.1. The number of nitrogens with two attached hydrogens (primary N) is 1. The average molecular weight is 328 g/mol. The summed E-state index contributed by atoms with van der Waals surface area (Å²) in [5.74, 6) is 0.0714. The lowest BCUT2D eigenvalue weighted by Gasteiger charge is -2.14. The molecule has 0 spiro atoms. The molecular weight excluding hydrogens is 312 g/mol. The molecule has 0 saturated carbocycles. The highest BCUT2D eigenvalue weighted by molar-refractivity contribution is 9.10. The topological polar surface area (TPSA) is 55.1 Å². The Morgan fingerprint density at radius 1 is 1.62 bits per heavy atom. The summed E-state index contributed by atoms with van der Waals surface area (Å²) in [6, 6.07) is 1.54. The number of carbonyl (C=O) groups excluding carboxylic acids is 1. The molecule has 0 unspecified atom stereocenters. The van der Waals surface area contributed by atoms with Crippen LogP contribution in [-0.2, 0) is 11.3 Å². The van der Waals surface area contributed by atoms with Gasteiger partial charge in [0.25, 0.3) is 0 Å². The number of thiophene rings is 1. The molecule has 0 aliphatic rings. The number of halogens is 2. The molecule has 1 aromatic heterocycles. The summed E-state index contributed by atoms with van der Waals surface area (Å²) in [5.41, 5.74) is 5.72. The number of nitrogens with one attached hydrogen (secondary N) is 1. The zero-order valence-corrected chi connectivity index (χ0v) is 12.4. The molecule has 16 heavy (non-hydrogen) atoms. The predicted molar refractivity (Wildman–Crippen MR) is 73.9 cm³/mol. The summed E-state index contributed by atoms with van der Waals surface area (Å²) in [6.45, 7) is 4.41. The summed E-state index contributed by atoms with van der Waals surface area (Å²) in [6.07, 6.45) is 0. The number of hydrogen-bond donors (Lipinski definition) is 2. The second kappa shape index (κ2) is 7.27. The largest absolute Gasteiger partial charge is 0.350 e. The van der Waals surface area contributed by atoms with Crippen molar-refractivity contribution in [1.82, 2.24) is 5.32 Å². The van der Waals surface area contributed by atoms with E-state index in [2.05, 4.69) is 21.2 Å². The van der Waals surface area contributed by atoms with Crippen LogP contribution in [0.2, 0.25) is 0 Å². The van der Waals surface area contributed by atoms with Gasteiger partial charge in [-0.25, -0.2) is 0 Å². The highest BCUT2D eigenvalue weighted by atomic mass is 79.9. The third-order valence-corrected chi connectivity index (χ3v) is 4.06. The van der Waals surface area contributed by atoms with Gasteiger partial charge in [0, 0.05) is 9.35 Å². The Morgan fingerprint density at radius 2 is 2.25 bits per heavy atom. The summed E-state index contributed by atoms with van der Waals surface area (Å²) in [5, 5.41) is 4.80. The van der Waals surface area contributed by atoms with Crippen LogP contribution in [-0.4, -0.2) is 11.9 Å². The zero-order chi connectivity index (χ0) is 11.4. The van der Waals surface area contributed by atoms with Gasteiger partial charge in [-0.3, -0.25) is 4.79 Å². The van der Waals surface area contributed by atoms with Crippen molar-refractivity contribution < 1.29 is 4.79 Å². The molecular formula is C10H16BrClN2OS. The standard InChI is InChI=1S/C10H15BrN2OS.ClH/c1-6(2)9(12)10(14)13-5-8-7(11)3-4-15-8;/h3-4,6,9H,5,12H2,1-2H3,(H,13,14);1H/t9-;/m0./s1.